The Morgan fingerprint density at radius 2 is 1.66 bits per heavy atom. The van der Waals surface area contributed by atoms with E-state index in [-0.39, 0.29) is 18.8 Å². The van der Waals surface area contributed by atoms with Crippen molar-refractivity contribution in [3.63, 3.8) is 0 Å². The van der Waals surface area contributed by atoms with E-state index in [1.807, 2.05) is 20.8 Å². The van der Waals surface area contributed by atoms with Gasteiger partial charge in [0.05, 0.1) is 18.8 Å². The highest BCUT2D eigenvalue weighted by Gasteiger charge is 2.24. The van der Waals surface area contributed by atoms with Gasteiger partial charge in [0.15, 0.2) is 0 Å². The zero-order valence-corrected chi connectivity index (χ0v) is 21.5. The Morgan fingerprint density at radius 1 is 1.19 bits per heavy atom. The first-order chi connectivity index (χ1) is 15.2. The highest BCUT2D eigenvalue weighted by atomic mass is 35.5. The lowest BCUT2D eigenvalue weighted by atomic mass is 10.3. The molecular formula is C20H38ClN2O8P. The number of aromatic nitrogens is 2. The molecule has 0 spiro atoms. The van der Waals surface area contributed by atoms with Crippen molar-refractivity contribution in [1.29, 1.82) is 0 Å². The quantitative estimate of drug-likeness (QED) is 0.281. The van der Waals surface area contributed by atoms with Crippen molar-refractivity contribution in [2.45, 2.75) is 60.0 Å². The molecule has 0 saturated heterocycles. The van der Waals surface area contributed by atoms with E-state index in [0.29, 0.717) is 4.57 Å². The van der Waals surface area contributed by atoms with Crippen molar-refractivity contribution in [2.75, 3.05) is 20.1 Å². The van der Waals surface area contributed by atoms with Gasteiger partial charge in [0, 0.05) is 25.8 Å². The first-order valence-corrected chi connectivity index (χ1v) is 11.5. The molecule has 0 amide bonds. The molecule has 188 valence electrons. The number of rotatable bonds is 8. The molecule has 0 aliphatic carbocycles. The molecular weight excluding hydrogens is 463 g/mol. The van der Waals surface area contributed by atoms with E-state index >= 15 is 0 Å². The fraction of sp³-hybridized carbons (Fsp3) is 0.600. The van der Waals surface area contributed by atoms with Crippen molar-refractivity contribution < 1.29 is 28.3 Å². The summed E-state index contributed by atoms with van der Waals surface area (Å²) >= 11 is 4.64. The molecule has 2 atom stereocenters. The molecule has 0 radical (unpaired) electrons. The predicted octanol–water partition coefficient (Wildman–Crippen LogP) is 2.82. The average molecular weight is 501 g/mol. The van der Waals surface area contributed by atoms with E-state index in [9.17, 15) is 19.0 Å². The molecule has 3 N–H and O–H groups in total. The Kier molecular flexibility index (Phi) is 36.8. The lowest BCUT2D eigenvalue weighted by molar-refractivity contribution is 0.0328. The lowest BCUT2D eigenvalue weighted by Crippen LogP contribution is -2.33. The van der Waals surface area contributed by atoms with Crippen LogP contribution in [0.3, 0.4) is 0 Å². The van der Waals surface area contributed by atoms with Crippen LogP contribution in [0.25, 0.3) is 0 Å². The van der Waals surface area contributed by atoms with Gasteiger partial charge in [-0.2, -0.15) is 0 Å². The number of phosphoric ester groups is 1. The van der Waals surface area contributed by atoms with Gasteiger partial charge in [-0.15, -0.1) is 37.3 Å². The van der Waals surface area contributed by atoms with Crippen molar-refractivity contribution in [2.24, 2.45) is 0 Å². The second-order valence-corrected chi connectivity index (χ2v) is 6.28. The topological polar surface area (TPSA) is 140 Å². The van der Waals surface area contributed by atoms with E-state index in [1.165, 1.54) is 19.7 Å². The maximum absolute atomic E-state index is 11.2. The molecule has 10 nitrogen and oxygen atoms in total. The number of halogens is 1. The molecule has 12 heteroatoms. The lowest BCUT2D eigenvalue weighted by Gasteiger charge is -2.17. The first-order valence-electron chi connectivity index (χ1n) is 9.29. The monoisotopic (exact) mass is 500 g/mol. The SMILES string of the molecule is C#C.C#C.CC.CC[C@@H](COP(=O)(O)OC(C)C)OC.CCl.O=c1cc[nH]c(=O)n1CO. The van der Waals surface area contributed by atoms with Crippen LogP contribution in [-0.4, -0.2) is 51.9 Å². The summed E-state index contributed by atoms with van der Waals surface area (Å²) in [7, 11) is -2.38. The number of nitrogens with one attached hydrogen (secondary N) is 1. The van der Waals surface area contributed by atoms with Crippen LogP contribution in [-0.2, 0) is 25.1 Å². The Hall–Kier alpha value is -1.88. The van der Waals surface area contributed by atoms with E-state index < -0.39 is 25.8 Å². The number of aliphatic hydroxyl groups is 1. The van der Waals surface area contributed by atoms with Crippen molar-refractivity contribution in [3.8, 4) is 25.7 Å². The van der Waals surface area contributed by atoms with Crippen LogP contribution in [0, 0.1) is 25.7 Å². The number of terminal acetylenes is 2. The fourth-order valence-corrected chi connectivity index (χ4v) is 2.36. The maximum atomic E-state index is 11.2. The minimum absolute atomic E-state index is 0.0630. The predicted molar refractivity (Wildman–Crippen MR) is 130 cm³/mol. The van der Waals surface area contributed by atoms with Crippen LogP contribution >= 0.6 is 19.4 Å². The molecule has 1 heterocycles. The summed E-state index contributed by atoms with van der Waals surface area (Å²) in [6.07, 6.45) is 18.9. The molecule has 0 saturated carbocycles. The van der Waals surface area contributed by atoms with Gasteiger partial charge in [-0.1, -0.05) is 20.8 Å². The first kappa shape index (κ1) is 40.5. The van der Waals surface area contributed by atoms with Crippen molar-refractivity contribution in [1.82, 2.24) is 9.55 Å². The van der Waals surface area contributed by atoms with E-state index in [1.54, 1.807) is 13.8 Å². The second-order valence-electron chi connectivity index (χ2n) is 4.87. The van der Waals surface area contributed by atoms with Crippen molar-refractivity contribution in [3.05, 3.63) is 33.1 Å². The Labute approximate surface area is 196 Å². The average Bonchev–Trinajstić information content (AvgIpc) is 2.80. The van der Waals surface area contributed by atoms with Gasteiger partial charge in [0.2, 0.25) is 0 Å². The third-order valence-corrected chi connectivity index (χ3v) is 3.81. The maximum Gasteiger partial charge on any atom is 0.472 e. The molecule has 0 fully saturated rings. The van der Waals surface area contributed by atoms with Crippen LogP contribution in [0.1, 0.15) is 41.0 Å². The molecule has 32 heavy (non-hydrogen) atoms. The number of hydrogen-bond acceptors (Lipinski definition) is 7. The number of methoxy groups -OCH3 is 1. The molecule has 0 aliphatic heterocycles. The van der Waals surface area contributed by atoms with Gasteiger partial charge in [-0.25, -0.2) is 13.9 Å². The summed E-state index contributed by atoms with van der Waals surface area (Å²) in [6.45, 7) is 8.71. The number of aromatic amines is 1. The van der Waals surface area contributed by atoms with Gasteiger partial charge < -0.3 is 19.7 Å². The normalized spacial score (nSPS) is 11.5. The number of hydrogen-bond donors (Lipinski definition) is 3. The van der Waals surface area contributed by atoms with Crippen LogP contribution < -0.4 is 11.2 Å². The summed E-state index contributed by atoms with van der Waals surface area (Å²) < 4.78 is 26.3. The Balaban J connectivity index is -0.000000118. The number of H-pyrrole nitrogens is 1. The number of nitrogens with zero attached hydrogens (tertiary/aromatic N) is 1. The van der Waals surface area contributed by atoms with Crippen molar-refractivity contribution >= 4 is 19.4 Å². The minimum Gasteiger partial charge on any atom is -0.379 e. The second kappa shape index (κ2) is 29.1. The Bertz CT molecular complexity index is 678. The van der Waals surface area contributed by atoms with Crippen LogP contribution in [0.5, 0.6) is 0 Å². The van der Waals surface area contributed by atoms with E-state index in [2.05, 4.69) is 42.3 Å². The molecule has 1 aromatic rings. The minimum atomic E-state index is -3.91. The van der Waals surface area contributed by atoms with Crippen LogP contribution in [0.15, 0.2) is 21.9 Å². The number of alkyl halides is 1. The summed E-state index contributed by atoms with van der Waals surface area (Å²) in [5, 5.41) is 8.44. The summed E-state index contributed by atoms with van der Waals surface area (Å²) in [6, 6.07) is 1.16. The third kappa shape index (κ3) is 24.4. The van der Waals surface area contributed by atoms with Crippen LogP contribution in [0.4, 0.5) is 0 Å². The van der Waals surface area contributed by atoms with E-state index in [0.717, 1.165) is 12.5 Å². The molecule has 1 unspecified atom stereocenters. The number of aliphatic hydroxyl groups excluding tert-OH is 1. The molecule has 1 rings (SSSR count). The number of ether oxygens (including phenoxy) is 1. The molecule has 0 bridgehead atoms. The van der Waals surface area contributed by atoms with E-state index in [4.69, 9.17) is 18.9 Å². The zero-order valence-electron chi connectivity index (χ0n) is 19.9. The van der Waals surface area contributed by atoms with Gasteiger partial charge in [0.25, 0.3) is 5.56 Å². The summed E-state index contributed by atoms with van der Waals surface area (Å²) in [5.41, 5.74) is -1.11. The summed E-state index contributed by atoms with van der Waals surface area (Å²) in [5.74, 6) is 0. The number of phosphoric acid groups is 1. The highest BCUT2D eigenvalue weighted by molar-refractivity contribution is 7.47. The fourth-order valence-electron chi connectivity index (χ4n) is 1.41. The zero-order chi connectivity index (χ0) is 26.8. The smallest absolute Gasteiger partial charge is 0.379 e. The van der Waals surface area contributed by atoms with Gasteiger partial charge >= 0.3 is 13.5 Å². The van der Waals surface area contributed by atoms with Gasteiger partial charge in [-0.3, -0.25) is 13.8 Å². The highest BCUT2D eigenvalue weighted by Crippen LogP contribution is 2.44. The largest absolute Gasteiger partial charge is 0.472 e. The van der Waals surface area contributed by atoms with Gasteiger partial charge in [0.1, 0.15) is 6.73 Å². The van der Waals surface area contributed by atoms with Crippen LogP contribution in [0.2, 0.25) is 0 Å². The standard InChI is InChI=1S/C8H19O5P.C5H6N2O3.C2H6.2C2H2.CH3Cl/c1-5-8(11-4)6-12-14(9,10)13-7(2)3;8-3-7-4(9)1-2-6-5(7)10;4*1-2/h7-8H,5-6H2,1-4H3,(H,9,10);1-2,8H,3H2,(H,6,10);1-2H3;2*1-2H;1H3/t8-;;;;;/m0...../s1. The third-order valence-electron chi connectivity index (χ3n) is 2.64. The summed E-state index contributed by atoms with van der Waals surface area (Å²) in [4.78, 5) is 32.7. The van der Waals surface area contributed by atoms with Gasteiger partial charge in [-0.05, 0) is 20.3 Å². The molecule has 0 aromatic carbocycles. The molecule has 1 aromatic heterocycles. The molecule has 0 aliphatic rings. The Morgan fingerprint density at radius 3 is 1.94 bits per heavy atom.